The Morgan fingerprint density at radius 2 is 1.21 bits per heavy atom. The van der Waals surface area contributed by atoms with Crippen LogP contribution in [0.1, 0.15) is 44.9 Å². The fourth-order valence-corrected chi connectivity index (χ4v) is 2.67. The average Bonchev–Trinajstić information content (AvgIpc) is 2.48. The summed E-state index contributed by atoms with van der Waals surface area (Å²) in [5.41, 5.74) is -1.88. The van der Waals surface area contributed by atoms with E-state index in [9.17, 15) is 30.3 Å². The molecule has 0 saturated heterocycles. The van der Waals surface area contributed by atoms with Gasteiger partial charge in [-0.3, -0.25) is 30.3 Å². The minimum absolute atomic E-state index is 0.411. The van der Waals surface area contributed by atoms with Crippen molar-refractivity contribution in [2.75, 3.05) is 0 Å². The van der Waals surface area contributed by atoms with Crippen LogP contribution in [0.25, 0.3) is 0 Å². The van der Waals surface area contributed by atoms with E-state index in [1.807, 2.05) is 0 Å². The van der Waals surface area contributed by atoms with Crippen molar-refractivity contribution in [1.82, 2.24) is 0 Å². The van der Waals surface area contributed by atoms with E-state index in [-0.39, 0.29) is 0 Å². The van der Waals surface area contributed by atoms with Crippen molar-refractivity contribution in [3.63, 3.8) is 0 Å². The van der Waals surface area contributed by atoms with Crippen molar-refractivity contribution in [3.8, 4) is 0 Å². The third-order valence-corrected chi connectivity index (χ3v) is 3.86. The summed E-state index contributed by atoms with van der Waals surface area (Å²) >= 11 is 0. The lowest BCUT2D eigenvalue weighted by Crippen LogP contribution is -2.03. The summed E-state index contributed by atoms with van der Waals surface area (Å²) in [6.45, 7) is 0. The Labute approximate surface area is 136 Å². The number of aliphatic imine (C=N–C) groups is 1. The average molecular weight is 336 g/mol. The molecular formula is C14H16N4O6. The van der Waals surface area contributed by atoms with Crippen molar-refractivity contribution >= 4 is 28.5 Å². The van der Waals surface area contributed by atoms with Crippen LogP contribution in [0.2, 0.25) is 0 Å². The van der Waals surface area contributed by atoms with Gasteiger partial charge in [-0.1, -0.05) is 19.3 Å². The molecule has 0 spiro atoms. The lowest BCUT2D eigenvalue weighted by atomic mass is 9.99. The summed E-state index contributed by atoms with van der Waals surface area (Å²) in [6.07, 6.45) is 6.12. The first-order valence-corrected chi connectivity index (χ1v) is 7.58. The summed E-state index contributed by atoms with van der Waals surface area (Å²) in [5, 5.41) is 33.3. The van der Waals surface area contributed by atoms with Gasteiger partial charge in [0.2, 0.25) is 5.69 Å². The SMILES string of the molecule is O=[N+]([O-])c1cc([N+](=O)[O-])c(N=C2CCCCCCC2)c([N+](=O)[O-])c1. The van der Waals surface area contributed by atoms with E-state index in [0.29, 0.717) is 18.6 Å². The van der Waals surface area contributed by atoms with Gasteiger partial charge in [-0.05, 0) is 25.7 Å². The highest BCUT2D eigenvalue weighted by Gasteiger charge is 2.30. The van der Waals surface area contributed by atoms with Crippen LogP contribution in [-0.2, 0) is 0 Å². The minimum Gasteiger partial charge on any atom is -0.258 e. The number of nitrogens with zero attached hydrogens (tertiary/aromatic N) is 4. The number of hydrogen-bond acceptors (Lipinski definition) is 7. The van der Waals surface area contributed by atoms with Crippen LogP contribution in [0.5, 0.6) is 0 Å². The number of non-ortho nitro benzene ring substituents is 1. The van der Waals surface area contributed by atoms with E-state index < -0.39 is 37.5 Å². The number of rotatable bonds is 4. The third-order valence-electron chi connectivity index (χ3n) is 3.86. The summed E-state index contributed by atoms with van der Waals surface area (Å²) in [4.78, 5) is 34.8. The highest BCUT2D eigenvalue weighted by Crippen LogP contribution is 2.41. The molecule has 0 N–H and O–H groups in total. The molecule has 0 heterocycles. The van der Waals surface area contributed by atoms with E-state index in [1.165, 1.54) is 0 Å². The second kappa shape index (κ2) is 7.57. The van der Waals surface area contributed by atoms with Crippen LogP contribution in [-0.4, -0.2) is 20.5 Å². The maximum Gasteiger partial charge on any atom is 0.308 e. The van der Waals surface area contributed by atoms with E-state index >= 15 is 0 Å². The smallest absolute Gasteiger partial charge is 0.258 e. The van der Waals surface area contributed by atoms with Gasteiger partial charge >= 0.3 is 11.4 Å². The Hall–Kier alpha value is -2.91. The fraction of sp³-hybridized carbons (Fsp3) is 0.500. The molecular weight excluding hydrogens is 320 g/mol. The molecule has 1 saturated carbocycles. The fourth-order valence-electron chi connectivity index (χ4n) is 2.67. The monoisotopic (exact) mass is 336 g/mol. The first-order chi connectivity index (χ1) is 11.4. The highest BCUT2D eigenvalue weighted by molar-refractivity contribution is 5.90. The van der Waals surface area contributed by atoms with Crippen LogP contribution in [0.4, 0.5) is 22.7 Å². The Morgan fingerprint density at radius 3 is 1.62 bits per heavy atom. The molecule has 0 bridgehead atoms. The molecule has 1 fully saturated rings. The Morgan fingerprint density at radius 1 is 0.750 bits per heavy atom. The van der Waals surface area contributed by atoms with Crippen molar-refractivity contribution in [3.05, 3.63) is 42.5 Å². The zero-order chi connectivity index (χ0) is 17.7. The van der Waals surface area contributed by atoms with Gasteiger partial charge in [0.1, 0.15) is 0 Å². The molecule has 24 heavy (non-hydrogen) atoms. The molecule has 0 aliphatic heterocycles. The summed E-state index contributed by atoms with van der Waals surface area (Å²) < 4.78 is 0. The number of benzene rings is 1. The molecule has 0 amide bonds. The van der Waals surface area contributed by atoms with E-state index in [2.05, 4.69) is 4.99 Å². The van der Waals surface area contributed by atoms with E-state index in [0.717, 1.165) is 44.2 Å². The molecule has 1 aliphatic rings. The van der Waals surface area contributed by atoms with Crippen LogP contribution < -0.4 is 0 Å². The third kappa shape index (κ3) is 4.09. The predicted octanol–water partition coefficient (Wildman–Crippen LogP) is 4.23. The van der Waals surface area contributed by atoms with Crippen LogP contribution in [0, 0.1) is 30.3 Å². The minimum atomic E-state index is -0.896. The lowest BCUT2D eigenvalue weighted by Gasteiger charge is -2.11. The van der Waals surface area contributed by atoms with Crippen molar-refractivity contribution < 1.29 is 14.8 Å². The second-order valence-corrected chi connectivity index (χ2v) is 5.55. The normalized spacial score (nSPS) is 15.2. The molecule has 2 rings (SSSR count). The van der Waals surface area contributed by atoms with Gasteiger partial charge in [-0.25, -0.2) is 4.99 Å². The van der Waals surface area contributed by atoms with Gasteiger partial charge in [0.25, 0.3) is 5.69 Å². The van der Waals surface area contributed by atoms with E-state index in [1.54, 1.807) is 0 Å². The maximum atomic E-state index is 11.2. The second-order valence-electron chi connectivity index (χ2n) is 5.55. The molecule has 0 radical (unpaired) electrons. The molecule has 10 nitrogen and oxygen atoms in total. The highest BCUT2D eigenvalue weighted by atomic mass is 16.6. The predicted molar refractivity (Wildman–Crippen MR) is 85.8 cm³/mol. The van der Waals surface area contributed by atoms with Gasteiger partial charge in [-0.2, -0.15) is 0 Å². The van der Waals surface area contributed by atoms with Crippen molar-refractivity contribution in [1.29, 1.82) is 0 Å². The topological polar surface area (TPSA) is 142 Å². The van der Waals surface area contributed by atoms with E-state index in [4.69, 9.17) is 0 Å². The Kier molecular flexibility index (Phi) is 5.51. The molecule has 0 aromatic heterocycles. The molecule has 1 aromatic carbocycles. The molecule has 1 aromatic rings. The van der Waals surface area contributed by atoms with Gasteiger partial charge in [0.05, 0.1) is 26.9 Å². The lowest BCUT2D eigenvalue weighted by molar-refractivity contribution is -0.402. The largest absolute Gasteiger partial charge is 0.308 e. The van der Waals surface area contributed by atoms with Crippen LogP contribution in [0.15, 0.2) is 17.1 Å². The Bertz CT molecular complexity index is 670. The van der Waals surface area contributed by atoms with Gasteiger partial charge in [-0.15, -0.1) is 0 Å². The molecule has 0 unspecified atom stereocenters. The molecule has 1 aliphatic carbocycles. The van der Waals surface area contributed by atoms with Crippen molar-refractivity contribution in [2.45, 2.75) is 44.9 Å². The first-order valence-electron chi connectivity index (χ1n) is 7.58. The quantitative estimate of drug-likeness (QED) is 0.594. The van der Waals surface area contributed by atoms with Crippen LogP contribution in [0.3, 0.4) is 0 Å². The molecule has 128 valence electrons. The van der Waals surface area contributed by atoms with Crippen molar-refractivity contribution in [2.24, 2.45) is 4.99 Å². The zero-order valence-corrected chi connectivity index (χ0v) is 12.8. The first kappa shape index (κ1) is 17.4. The van der Waals surface area contributed by atoms with Crippen LogP contribution >= 0.6 is 0 Å². The number of nitro groups is 3. The summed E-state index contributed by atoms with van der Waals surface area (Å²) in [6, 6.07) is 1.44. The zero-order valence-electron chi connectivity index (χ0n) is 12.8. The summed E-state index contributed by atoms with van der Waals surface area (Å²) in [5.74, 6) is 0. The summed E-state index contributed by atoms with van der Waals surface area (Å²) in [7, 11) is 0. The Balaban J connectivity index is 2.58. The number of nitro benzene ring substituents is 3. The van der Waals surface area contributed by atoms with Gasteiger partial charge in [0, 0.05) is 5.71 Å². The van der Waals surface area contributed by atoms with Gasteiger partial charge < -0.3 is 0 Å². The number of hydrogen-bond donors (Lipinski definition) is 0. The molecule has 0 atom stereocenters. The standard InChI is InChI=1S/C14H16N4O6/c19-16(20)11-8-12(17(21)22)14(13(9-11)18(23)24)15-10-6-4-2-1-3-5-7-10/h8-9H,1-7H2. The van der Waals surface area contributed by atoms with Gasteiger partial charge in [0.15, 0.2) is 0 Å². The maximum absolute atomic E-state index is 11.2. The molecule has 10 heteroatoms.